The van der Waals surface area contributed by atoms with Crippen molar-refractivity contribution in [1.82, 2.24) is 0 Å². The van der Waals surface area contributed by atoms with Gasteiger partial charge in [0.25, 0.3) is 5.91 Å². The number of amides is 2. The standard InChI is InChI=1S/C19H19ClN2O4S/c1-11(2)17-18(23)21-15-10-14(27(3,25)26)8-9-16(15)22(17)19(24)12-4-6-13(20)7-5-12/h4-11,17H,1-3H3,(H,21,23)/t17-/m0/s1. The molecule has 0 fully saturated rings. The summed E-state index contributed by atoms with van der Waals surface area (Å²) in [5.74, 6) is -0.858. The van der Waals surface area contributed by atoms with Gasteiger partial charge in [-0.3, -0.25) is 14.5 Å². The molecule has 1 atom stereocenters. The van der Waals surface area contributed by atoms with Gasteiger partial charge in [-0.05, 0) is 48.4 Å². The third-order valence-electron chi connectivity index (χ3n) is 4.40. The van der Waals surface area contributed by atoms with E-state index in [-0.39, 0.29) is 22.6 Å². The molecule has 0 bridgehead atoms. The number of benzene rings is 2. The number of nitrogens with one attached hydrogen (secondary N) is 1. The van der Waals surface area contributed by atoms with Crippen LogP contribution in [0.5, 0.6) is 0 Å². The van der Waals surface area contributed by atoms with E-state index in [0.29, 0.717) is 22.0 Å². The van der Waals surface area contributed by atoms with Crippen molar-refractivity contribution in [2.45, 2.75) is 24.8 Å². The number of hydrogen-bond acceptors (Lipinski definition) is 4. The molecule has 2 aromatic rings. The lowest BCUT2D eigenvalue weighted by Gasteiger charge is -2.38. The van der Waals surface area contributed by atoms with E-state index in [1.165, 1.54) is 17.0 Å². The second-order valence-corrected chi connectivity index (χ2v) is 9.26. The van der Waals surface area contributed by atoms with E-state index in [0.717, 1.165) is 6.26 Å². The highest BCUT2D eigenvalue weighted by molar-refractivity contribution is 7.90. The molecule has 1 heterocycles. The lowest BCUT2D eigenvalue weighted by molar-refractivity contribution is -0.118. The number of halogens is 1. The predicted molar refractivity (Wildman–Crippen MR) is 105 cm³/mol. The van der Waals surface area contributed by atoms with Crippen LogP contribution in [-0.2, 0) is 14.6 Å². The number of rotatable bonds is 3. The number of nitrogens with zero attached hydrogens (tertiary/aromatic N) is 1. The summed E-state index contributed by atoms with van der Waals surface area (Å²) in [6, 6.07) is 10.1. The van der Waals surface area contributed by atoms with Crippen LogP contribution in [0.15, 0.2) is 47.4 Å². The molecule has 0 unspecified atom stereocenters. The van der Waals surface area contributed by atoms with Gasteiger partial charge in [-0.1, -0.05) is 25.4 Å². The average molecular weight is 407 g/mol. The van der Waals surface area contributed by atoms with Crippen LogP contribution in [0, 0.1) is 5.92 Å². The summed E-state index contributed by atoms with van der Waals surface area (Å²) in [6.07, 6.45) is 1.09. The molecule has 1 aliphatic rings. The maximum atomic E-state index is 13.2. The Bertz CT molecular complexity index is 1020. The lowest BCUT2D eigenvalue weighted by atomic mass is 9.96. The van der Waals surface area contributed by atoms with Crippen LogP contribution in [0.4, 0.5) is 11.4 Å². The van der Waals surface area contributed by atoms with E-state index in [4.69, 9.17) is 11.6 Å². The van der Waals surface area contributed by atoms with Gasteiger partial charge in [-0.15, -0.1) is 0 Å². The van der Waals surface area contributed by atoms with E-state index in [9.17, 15) is 18.0 Å². The van der Waals surface area contributed by atoms with Gasteiger partial charge < -0.3 is 5.32 Å². The highest BCUT2D eigenvalue weighted by Gasteiger charge is 2.39. The molecule has 6 nitrogen and oxygen atoms in total. The van der Waals surface area contributed by atoms with E-state index in [1.807, 2.05) is 13.8 Å². The summed E-state index contributed by atoms with van der Waals surface area (Å²) < 4.78 is 23.7. The summed E-state index contributed by atoms with van der Waals surface area (Å²) in [6.45, 7) is 3.70. The molecule has 0 saturated carbocycles. The summed E-state index contributed by atoms with van der Waals surface area (Å²) in [5, 5.41) is 3.23. The molecular formula is C19H19ClN2O4S. The number of sulfone groups is 1. The lowest BCUT2D eigenvalue weighted by Crippen LogP contribution is -2.53. The zero-order valence-corrected chi connectivity index (χ0v) is 16.6. The quantitative estimate of drug-likeness (QED) is 0.847. The van der Waals surface area contributed by atoms with Crippen LogP contribution in [0.1, 0.15) is 24.2 Å². The van der Waals surface area contributed by atoms with Gasteiger partial charge in [0.1, 0.15) is 6.04 Å². The van der Waals surface area contributed by atoms with Crippen molar-refractivity contribution in [1.29, 1.82) is 0 Å². The summed E-state index contributed by atoms with van der Waals surface area (Å²) in [4.78, 5) is 27.4. The van der Waals surface area contributed by atoms with Crippen LogP contribution in [0.3, 0.4) is 0 Å². The van der Waals surface area contributed by atoms with Gasteiger partial charge in [0.2, 0.25) is 5.91 Å². The minimum Gasteiger partial charge on any atom is -0.322 e. The van der Waals surface area contributed by atoms with Crippen LogP contribution in [0.2, 0.25) is 5.02 Å². The fraction of sp³-hybridized carbons (Fsp3) is 0.263. The normalized spacial score (nSPS) is 16.9. The molecule has 1 aliphatic heterocycles. The first-order chi connectivity index (χ1) is 12.6. The molecule has 2 amide bonds. The van der Waals surface area contributed by atoms with Crippen LogP contribution in [-0.4, -0.2) is 32.5 Å². The Kier molecular flexibility index (Phi) is 5.01. The van der Waals surface area contributed by atoms with Crippen molar-refractivity contribution in [3.8, 4) is 0 Å². The topological polar surface area (TPSA) is 83.6 Å². The van der Waals surface area contributed by atoms with Gasteiger partial charge >= 0.3 is 0 Å². The summed E-state index contributed by atoms with van der Waals surface area (Å²) in [5.41, 5.74) is 1.14. The third-order valence-corrected chi connectivity index (χ3v) is 5.76. The van der Waals surface area contributed by atoms with Crippen molar-refractivity contribution < 1.29 is 18.0 Å². The number of carbonyl (C=O) groups excluding carboxylic acids is 2. The number of anilines is 2. The maximum absolute atomic E-state index is 13.2. The number of hydrogen-bond donors (Lipinski definition) is 1. The second kappa shape index (κ2) is 6.98. The molecule has 3 rings (SSSR count). The van der Waals surface area contributed by atoms with E-state index in [2.05, 4.69) is 5.32 Å². The largest absolute Gasteiger partial charge is 0.322 e. The van der Waals surface area contributed by atoms with Gasteiger partial charge in [-0.25, -0.2) is 8.42 Å². The molecule has 2 aromatic carbocycles. The molecule has 0 aliphatic carbocycles. The van der Waals surface area contributed by atoms with Crippen molar-refractivity contribution in [2.24, 2.45) is 5.92 Å². The number of fused-ring (bicyclic) bond motifs is 1. The van der Waals surface area contributed by atoms with Gasteiger partial charge in [0, 0.05) is 16.8 Å². The van der Waals surface area contributed by atoms with Gasteiger partial charge in [0.15, 0.2) is 9.84 Å². The molecule has 0 radical (unpaired) electrons. The molecular weight excluding hydrogens is 388 g/mol. The summed E-state index contributed by atoms with van der Waals surface area (Å²) >= 11 is 5.90. The Hall–Kier alpha value is -2.38. The third kappa shape index (κ3) is 3.70. The van der Waals surface area contributed by atoms with Crippen LogP contribution >= 0.6 is 11.6 Å². The highest BCUT2D eigenvalue weighted by Crippen LogP contribution is 2.37. The zero-order valence-electron chi connectivity index (χ0n) is 15.1. The van der Waals surface area contributed by atoms with Crippen molar-refractivity contribution in [2.75, 3.05) is 16.5 Å². The summed E-state index contributed by atoms with van der Waals surface area (Å²) in [7, 11) is -3.45. The average Bonchev–Trinajstić information content (AvgIpc) is 2.59. The number of carbonyl (C=O) groups is 2. The Morgan fingerprint density at radius 1 is 1.15 bits per heavy atom. The monoisotopic (exact) mass is 406 g/mol. The molecule has 8 heteroatoms. The molecule has 27 heavy (non-hydrogen) atoms. The van der Waals surface area contributed by atoms with Crippen molar-refractivity contribution in [3.05, 3.63) is 53.1 Å². The van der Waals surface area contributed by atoms with Crippen molar-refractivity contribution in [3.63, 3.8) is 0 Å². The first-order valence-corrected chi connectivity index (χ1v) is 10.6. The van der Waals surface area contributed by atoms with E-state index >= 15 is 0 Å². The van der Waals surface area contributed by atoms with Crippen LogP contribution < -0.4 is 10.2 Å². The smallest absolute Gasteiger partial charge is 0.259 e. The molecule has 0 aromatic heterocycles. The predicted octanol–water partition coefficient (Wildman–Crippen LogP) is 3.37. The van der Waals surface area contributed by atoms with Gasteiger partial charge in [0.05, 0.1) is 16.3 Å². The second-order valence-electron chi connectivity index (χ2n) is 6.81. The highest BCUT2D eigenvalue weighted by atomic mass is 35.5. The Morgan fingerprint density at radius 3 is 2.33 bits per heavy atom. The Balaban J connectivity index is 2.15. The molecule has 142 valence electrons. The van der Waals surface area contributed by atoms with Crippen molar-refractivity contribution >= 4 is 44.6 Å². The molecule has 1 N–H and O–H groups in total. The molecule has 0 saturated heterocycles. The zero-order chi connectivity index (χ0) is 19.9. The first kappa shape index (κ1) is 19.4. The fourth-order valence-corrected chi connectivity index (χ4v) is 3.87. The minimum absolute atomic E-state index is 0.0726. The molecule has 0 spiro atoms. The van der Waals surface area contributed by atoms with Crippen LogP contribution in [0.25, 0.3) is 0 Å². The first-order valence-electron chi connectivity index (χ1n) is 8.33. The Morgan fingerprint density at radius 2 is 1.78 bits per heavy atom. The van der Waals surface area contributed by atoms with E-state index < -0.39 is 15.9 Å². The van der Waals surface area contributed by atoms with Gasteiger partial charge in [-0.2, -0.15) is 0 Å². The minimum atomic E-state index is -3.45. The van der Waals surface area contributed by atoms with E-state index in [1.54, 1.807) is 30.3 Å². The maximum Gasteiger partial charge on any atom is 0.259 e. The fourth-order valence-electron chi connectivity index (χ4n) is 3.10. The SMILES string of the molecule is CC(C)[C@H]1C(=O)Nc2cc(S(C)(=O)=O)ccc2N1C(=O)c1ccc(Cl)cc1. The Labute approximate surface area is 163 Å².